The van der Waals surface area contributed by atoms with E-state index >= 15 is 0 Å². The summed E-state index contributed by atoms with van der Waals surface area (Å²) in [5.74, 6) is -0.542. The zero-order chi connectivity index (χ0) is 11.7. The van der Waals surface area contributed by atoms with Crippen molar-refractivity contribution < 1.29 is 4.79 Å². The summed E-state index contributed by atoms with van der Waals surface area (Å²) in [6.07, 6.45) is 0. The number of nitrogens with one attached hydrogen (secondary N) is 1. The van der Waals surface area contributed by atoms with E-state index in [2.05, 4.69) is 10.2 Å². The lowest BCUT2D eigenvalue weighted by Crippen LogP contribution is -2.11. The maximum Gasteiger partial charge on any atom is 0.250 e. The van der Waals surface area contributed by atoms with Gasteiger partial charge in [0.15, 0.2) is 0 Å². The van der Waals surface area contributed by atoms with Crippen LogP contribution in [0.15, 0.2) is 24.3 Å². The van der Waals surface area contributed by atoms with Crippen LogP contribution in [0.5, 0.6) is 0 Å². The Morgan fingerprint density at radius 1 is 1.44 bits per heavy atom. The fraction of sp³-hybridized carbons (Fsp3) is 0.0909. The normalized spacial score (nSPS) is 10.4. The third kappa shape index (κ3) is 1.92. The molecule has 1 aromatic heterocycles. The molecule has 5 heteroatoms. The van der Waals surface area contributed by atoms with Crippen LogP contribution in [-0.2, 0) is 0 Å². The van der Waals surface area contributed by atoms with Gasteiger partial charge in [-0.15, -0.1) is 0 Å². The second kappa shape index (κ2) is 3.98. The highest BCUT2D eigenvalue weighted by atomic mass is 35.5. The number of halogens is 1. The number of rotatable bonds is 2. The van der Waals surface area contributed by atoms with Crippen LogP contribution in [0.25, 0.3) is 11.3 Å². The summed E-state index contributed by atoms with van der Waals surface area (Å²) < 4.78 is 0. The van der Waals surface area contributed by atoms with E-state index in [1.54, 1.807) is 18.2 Å². The van der Waals surface area contributed by atoms with Gasteiger partial charge in [-0.1, -0.05) is 17.7 Å². The van der Waals surface area contributed by atoms with Gasteiger partial charge in [-0.2, -0.15) is 5.10 Å². The van der Waals surface area contributed by atoms with Gasteiger partial charge < -0.3 is 5.73 Å². The number of carbonyl (C=O) groups excluding carboxylic acids is 1. The Labute approximate surface area is 97.4 Å². The van der Waals surface area contributed by atoms with E-state index in [0.29, 0.717) is 10.6 Å². The van der Waals surface area contributed by atoms with Crippen molar-refractivity contribution in [2.45, 2.75) is 6.92 Å². The average Bonchev–Trinajstić information content (AvgIpc) is 2.65. The average molecular weight is 236 g/mol. The molecule has 3 N–H and O–H groups in total. The molecule has 0 fully saturated rings. The van der Waals surface area contributed by atoms with E-state index in [1.165, 1.54) is 0 Å². The molecular weight excluding hydrogens is 226 g/mol. The zero-order valence-corrected chi connectivity index (χ0v) is 9.38. The van der Waals surface area contributed by atoms with E-state index in [4.69, 9.17) is 17.3 Å². The quantitative estimate of drug-likeness (QED) is 0.837. The van der Waals surface area contributed by atoms with Gasteiger partial charge in [-0.25, -0.2) is 0 Å². The van der Waals surface area contributed by atoms with Crippen LogP contribution in [0.3, 0.4) is 0 Å². The molecule has 0 radical (unpaired) electrons. The number of aromatic nitrogens is 2. The summed E-state index contributed by atoms with van der Waals surface area (Å²) in [5.41, 5.74) is 8.04. The van der Waals surface area contributed by atoms with Crippen LogP contribution >= 0.6 is 11.6 Å². The number of hydrogen-bond donors (Lipinski definition) is 2. The summed E-state index contributed by atoms with van der Waals surface area (Å²) >= 11 is 5.85. The standard InChI is InChI=1S/C11H10ClN3O/c1-6-4-10(15-14-6)7-2-3-9(12)8(5-7)11(13)16/h2-5H,1H3,(H2,13,16)(H,14,15). The van der Waals surface area contributed by atoms with Crippen LogP contribution < -0.4 is 5.73 Å². The SMILES string of the molecule is Cc1cc(-c2ccc(Cl)c(C(N)=O)c2)n[nH]1. The van der Waals surface area contributed by atoms with Crippen molar-refractivity contribution in [3.63, 3.8) is 0 Å². The number of hydrogen-bond acceptors (Lipinski definition) is 2. The lowest BCUT2D eigenvalue weighted by Gasteiger charge is -2.02. The molecule has 1 heterocycles. The molecule has 2 aromatic rings. The molecule has 0 saturated heterocycles. The van der Waals surface area contributed by atoms with Crippen molar-refractivity contribution in [1.82, 2.24) is 10.2 Å². The molecule has 1 amide bonds. The number of nitrogens with two attached hydrogens (primary N) is 1. The Morgan fingerprint density at radius 3 is 2.75 bits per heavy atom. The Morgan fingerprint density at radius 2 is 2.19 bits per heavy atom. The second-order valence-corrected chi connectivity index (χ2v) is 3.90. The molecule has 0 aliphatic rings. The minimum absolute atomic E-state index is 0.305. The van der Waals surface area contributed by atoms with Crippen molar-refractivity contribution in [3.8, 4) is 11.3 Å². The monoisotopic (exact) mass is 235 g/mol. The van der Waals surface area contributed by atoms with Crippen molar-refractivity contribution in [1.29, 1.82) is 0 Å². The number of aromatic amines is 1. The number of primary amides is 1. The van der Waals surface area contributed by atoms with Crippen LogP contribution in [-0.4, -0.2) is 16.1 Å². The van der Waals surface area contributed by atoms with Crippen molar-refractivity contribution in [3.05, 3.63) is 40.5 Å². The summed E-state index contributed by atoms with van der Waals surface area (Å²) in [5, 5.41) is 7.28. The first-order valence-electron chi connectivity index (χ1n) is 4.69. The molecule has 0 bridgehead atoms. The van der Waals surface area contributed by atoms with Crippen LogP contribution in [0.4, 0.5) is 0 Å². The first kappa shape index (κ1) is 10.7. The lowest BCUT2D eigenvalue weighted by atomic mass is 10.1. The molecular formula is C11H10ClN3O. The van der Waals surface area contributed by atoms with E-state index in [9.17, 15) is 4.79 Å². The van der Waals surface area contributed by atoms with Gasteiger partial charge in [0, 0.05) is 11.3 Å². The minimum atomic E-state index is -0.542. The number of nitrogens with zero attached hydrogens (tertiary/aromatic N) is 1. The third-order valence-corrected chi connectivity index (χ3v) is 2.56. The summed E-state index contributed by atoms with van der Waals surface area (Å²) in [4.78, 5) is 11.1. The van der Waals surface area contributed by atoms with Gasteiger partial charge in [-0.05, 0) is 25.1 Å². The maximum atomic E-state index is 11.1. The van der Waals surface area contributed by atoms with Crippen LogP contribution in [0.2, 0.25) is 5.02 Å². The highest BCUT2D eigenvalue weighted by Crippen LogP contribution is 2.23. The van der Waals surface area contributed by atoms with E-state index in [1.807, 2.05) is 13.0 Å². The second-order valence-electron chi connectivity index (χ2n) is 3.50. The van der Waals surface area contributed by atoms with E-state index in [-0.39, 0.29) is 0 Å². The predicted molar refractivity (Wildman–Crippen MR) is 62.3 cm³/mol. The van der Waals surface area contributed by atoms with Crippen LogP contribution in [0.1, 0.15) is 16.1 Å². The molecule has 82 valence electrons. The largest absolute Gasteiger partial charge is 0.366 e. The van der Waals surface area contributed by atoms with Gasteiger partial charge in [0.05, 0.1) is 16.3 Å². The molecule has 0 unspecified atom stereocenters. The van der Waals surface area contributed by atoms with Crippen molar-refractivity contribution in [2.24, 2.45) is 5.73 Å². The Balaban J connectivity index is 2.51. The van der Waals surface area contributed by atoms with Crippen LogP contribution in [0, 0.1) is 6.92 Å². The smallest absolute Gasteiger partial charge is 0.250 e. The Hall–Kier alpha value is -1.81. The highest BCUT2D eigenvalue weighted by Gasteiger charge is 2.09. The molecule has 0 atom stereocenters. The maximum absolute atomic E-state index is 11.1. The van der Waals surface area contributed by atoms with E-state index < -0.39 is 5.91 Å². The van der Waals surface area contributed by atoms with Gasteiger partial charge in [0.2, 0.25) is 5.91 Å². The molecule has 0 aliphatic heterocycles. The fourth-order valence-electron chi connectivity index (χ4n) is 1.44. The lowest BCUT2D eigenvalue weighted by molar-refractivity contribution is 0.100. The Bertz CT molecular complexity index is 548. The molecule has 0 saturated carbocycles. The number of benzene rings is 1. The zero-order valence-electron chi connectivity index (χ0n) is 8.62. The number of carbonyl (C=O) groups is 1. The molecule has 1 aromatic carbocycles. The molecule has 0 aliphatic carbocycles. The third-order valence-electron chi connectivity index (χ3n) is 2.23. The fourth-order valence-corrected chi connectivity index (χ4v) is 1.65. The molecule has 2 rings (SSSR count). The predicted octanol–water partition coefficient (Wildman–Crippen LogP) is 2.14. The first-order chi connectivity index (χ1) is 7.58. The highest BCUT2D eigenvalue weighted by molar-refractivity contribution is 6.33. The topological polar surface area (TPSA) is 71.8 Å². The van der Waals surface area contributed by atoms with E-state index in [0.717, 1.165) is 17.0 Å². The van der Waals surface area contributed by atoms with Gasteiger partial charge in [0.25, 0.3) is 0 Å². The van der Waals surface area contributed by atoms with Gasteiger partial charge in [-0.3, -0.25) is 9.89 Å². The van der Waals surface area contributed by atoms with Crippen molar-refractivity contribution in [2.75, 3.05) is 0 Å². The molecule has 4 nitrogen and oxygen atoms in total. The van der Waals surface area contributed by atoms with Gasteiger partial charge >= 0.3 is 0 Å². The summed E-state index contributed by atoms with van der Waals surface area (Å²) in [6, 6.07) is 6.96. The number of aryl methyl sites for hydroxylation is 1. The summed E-state index contributed by atoms with van der Waals surface area (Å²) in [6.45, 7) is 1.90. The molecule has 0 spiro atoms. The number of amides is 1. The molecule has 16 heavy (non-hydrogen) atoms. The first-order valence-corrected chi connectivity index (χ1v) is 5.07. The minimum Gasteiger partial charge on any atom is -0.366 e. The summed E-state index contributed by atoms with van der Waals surface area (Å²) in [7, 11) is 0. The Kier molecular flexibility index (Phi) is 2.66. The number of H-pyrrole nitrogens is 1. The van der Waals surface area contributed by atoms with Gasteiger partial charge in [0.1, 0.15) is 0 Å². The van der Waals surface area contributed by atoms with Crippen molar-refractivity contribution >= 4 is 17.5 Å².